The van der Waals surface area contributed by atoms with Crippen molar-refractivity contribution in [3.8, 4) is 0 Å². The van der Waals surface area contributed by atoms with Crippen molar-refractivity contribution in [1.29, 1.82) is 0 Å². The molecule has 7 nitrogen and oxygen atoms in total. The largest absolute Gasteiger partial charge is 0.326 e. The predicted octanol–water partition coefficient (Wildman–Crippen LogP) is 4.63. The molecule has 32 heavy (non-hydrogen) atoms. The van der Waals surface area contributed by atoms with Crippen LogP contribution in [-0.2, 0) is 20.8 Å². The first-order valence-electron chi connectivity index (χ1n) is 9.91. The molecule has 0 bridgehead atoms. The third kappa shape index (κ3) is 6.93. The summed E-state index contributed by atoms with van der Waals surface area (Å²) in [5.74, 6) is -0.227. The van der Waals surface area contributed by atoms with Gasteiger partial charge in [0.15, 0.2) is 4.34 Å². The maximum Gasteiger partial charge on any atom is 0.234 e. The fraction of sp³-hybridized carbons (Fsp3) is 0.217. The van der Waals surface area contributed by atoms with Gasteiger partial charge >= 0.3 is 0 Å². The van der Waals surface area contributed by atoms with E-state index in [1.807, 2.05) is 37.4 Å². The highest BCUT2D eigenvalue weighted by Gasteiger charge is 2.12. The Labute approximate surface area is 195 Å². The second kappa shape index (κ2) is 10.9. The molecular formula is C23H24N4O3S2. The van der Waals surface area contributed by atoms with Crippen LogP contribution >= 0.6 is 23.1 Å². The second-order valence-electron chi connectivity index (χ2n) is 7.19. The molecular weight excluding hydrogens is 444 g/mol. The molecule has 0 aliphatic heterocycles. The molecule has 3 N–H and O–H groups in total. The Balaban J connectivity index is 1.47. The average Bonchev–Trinajstić information content (AvgIpc) is 3.17. The minimum Gasteiger partial charge on any atom is -0.326 e. The molecule has 0 unspecified atom stereocenters. The van der Waals surface area contributed by atoms with E-state index in [4.69, 9.17) is 0 Å². The number of thioether (sulfide) groups is 1. The molecule has 2 aromatic carbocycles. The molecule has 0 saturated heterocycles. The van der Waals surface area contributed by atoms with Crippen LogP contribution in [0.2, 0.25) is 0 Å². The molecule has 1 heterocycles. The van der Waals surface area contributed by atoms with Crippen LogP contribution in [0, 0.1) is 13.8 Å². The lowest BCUT2D eigenvalue weighted by atomic mass is 10.1. The van der Waals surface area contributed by atoms with Gasteiger partial charge in [0, 0.05) is 29.4 Å². The number of hydrogen-bond donors (Lipinski definition) is 3. The quantitative estimate of drug-likeness (QED) is 0.419. The van der Waals surface area contributed by atoms with Crippen molar-refractivity contribution in [2.45, 2.75) is 31.5 Å². The zero-order chi connectivity index (χ0) is 23.1. The van der Waals surface area contributed by atoms with Gasteiger partial charge < -0.3 is 16.0 Å². The molecule has 3 rings (SSSR count). The Bertz CT molecular complexity index is 1110. The van der Waals surface area contributed by atoms with Crippen molar-refractivity contribution in [1.82, 2.24) is 4.98 Å². The van der Waals surface area contributed by atoms with Crippen LogP contribution in [0.1, 0.15) is 23.7 Å². The van der Waals surface area contributed by atoms with Crippen LogP contribution in [0.4, 0.5) is 17.1 Å². The van der Waals surface area contributed by atoms with E-state index in [0.717, 1.165) is 21.2 Å². The highest BCUT2D eigenvalue weighted by atomic mass is 32.2. The Morgan fingerprint density at radius 1 is 0.906 bits per heavy atom. The normalized spacial score (nSPS) is 10.5. The summed E-state index contributed by atoms with van der Waals surface area (Å²) < 4.78 is 0.732. The number of carbonyl (C=O) groups is 3. The first-order chi connectivity index (χ1) is 15.3. The minimum absolute atomic E-state index is 0.121. The van der Waals surface area contributed by atoms with E-state index in [9.17, 15) is 14.4 Å². The fourth-order valence-electron chi connectivity index (χ4n) is 2.96. The summed E-state index contributed by atoms with van der Waals surface area (Å²) in [6.45, 7) is 5.36. The van der Waals surface area contributed by atoms with E-state index in [0.29, 0.717) is 17.1 Å². The van der Waals surface area contributed by atoms with E-state index in [-0.39, 0.29) is 29.9 Å². The third-order valence-corrected chi connectivity index (χ3v) is 6.50. The number of aromatic nitrogens is 1. The Morgan fingerprint density at radius 2 is 1.53 bits per heavy atom. The van der Waals surface area contributed by atoms with Gasteiger partial charge in [-0.1, -0.05) is 30.0 Å². The van der Waals surface area contributed by atoms with Crippen molar-refractivity contribution >= 4 is 57.9 Å². The van der Waals surface area contributed by atoms with Crippen LogP contribution in [0.3, 0.4) is 0 Å². The molecule has 0 fully saturated rings. The molecule has 0 spiro atoms. The zero-order valence-electron chi connectivity index (χ0n) is 18.0. The summed E-state index contributed by atoms with van der Waals surface area (Å²) in [6.07, 6.45) is 0.178. The molecule has 0 saturated carbocycles. The van der Waals surface area contributed by atoms with Crippen molar-refractivity contribution in [3.05, 3.63) is 64.7 Å². The van der Waals surface area contributed by atoms with Gasteiger partial charge in [-0.25, -0.2) is 4.98 Å². The molecule has 0 atom stereocenters. The van der Waals surface area contributed by atoms with E-state index < -0.39 is 0 Å². The number of benzene rings is 2. The molecule has 0 aliphatic carbocycles. The van der Waals surface area contributed by atoms with E-state index in [1.54, 1.807) is 24.3 Å². The minimum atomic E-state index is -0.160. The monoisotopic (exact) mass is 468 g/mol. The Hall–Kier alpha value is -3.17. The van der Waals surface area contributed by atoms with Gasteiger partial charge in [0.2, 0.25) is 17.7 Å². The zero-order valence-corrected chi connectivity index (χ0v) is 19.7. The van der Waals surface area contributed by atoms with Gasteiger partial charge in [-0.15, -0.1) is 11.3 Å². The van der Waals surface area contributed by atoms with Crippen molar-refractivity contribution in [2.24, 2.45) is 0 Å². The summed E-state index contributed by atoms with van der Waals surface area (Å²) in [6, 6.07) is 12.8. The lowest BCUT2D eigenvalue weighted by molar-refractivity contribution is -0.116. The highest BCUT2D eigenvalue weighted by molar-refractivity contribution is 8.01. The van der Waals surface area contributed by atoms with Gasteiger partial charge in [0.1, 0.15) is 0 Å². The molecule has 166 valence electrons. The maximum atomic E-state index is 12.4. The summed E-state index contributed by atoms with van der Waals surface area (Å²) in [5.41, 5.74) is 4.86. The number of para-hydroxylation sites is 1. The molecule has 0 aliphatic rings. The predicted molar refractivity (Wildman–Crippen MR) is 130 cm³/mol. The maximum absolute atomic E-state index is 12.4. The van der Waals surface area contributed by atoms with Crippen LogP contribution in [0.15, 0.2) is 52.2 Å². The number of carbonyl (C=O) groups excluding carboxylic acids is 3. The average molecular weight is 469 g/mol. The number of nitrogens with zero attached hydrogens (tertiary/aromatic N) is 1. The molecule has 0 radical (unpaired) electrons. The number of amides is 3. The smallest absolute Gasteiger partial charge is 0.234 e. The first kappa shape index (κ1) is 23.5. The van der Waals surface area contributed by atoms with E-state index >= 15 is 0 Å². The second-order valence-corrected chi connectivity index (χ2v) is 9.27. The number of hydrogen-bond acceptors (Lipinski definition) is 6. The van der Waals surface area contributed by atoms with Gasteiger partial charge in [0.05, 0.1) is 17.9 Å². The van der Waals surface area contributed by atoms with E-state index in [1.165, 1.54) is 30.0 Å². The van der Waals surface area contributed by atoms with Crippen molar-refractivity contribution < 1.29 is 14.4 Å². The number of thiazole rings is 1. The summed E-state index contributed by atoms with van der Waals surface area (Å²) in [7, 11) is 0. The van der Waals surface area contributed by atoms with Crippen LogP contribution in [0.5, 0.6) is 0 Å². The standard InChI is InChI=1S/C23H24N4O3S2/c1-14-5-4-6-15(2)22(14)27-20(29)11-19-12-31-23(26-19)32-13-21(30)25-18-9-7-17(8-10-18)24-16(3)28/h4-10,12H,11,13H2,1-3H3,(H,24,28)(H,25,30)(H,27,29). The van der Waals surface area contributed by atoms with Crippen LogP contribution in [0.25, 0.3) is 0 Å². The summed E-state index contributed by atoms with van der Waals surface area (Å²) in [4.78, 5) is 40.1. The van der Waals surface area contributed by atoms with Gasteiger partial charge in [-0.3, -0.25) is 14.4 Å². The first-order valence-corrected chi connectivity index (χ1v) is 11.8. The van der Waals surface area contributed by atoms with Crippen LogP contribution < -0.4 is 16.0 Å². The summed E-state index contributed by atoms with van der Waals surface area (Å²) >= 11 is 2.73. The van der Waals surface area contributed by atoms with Gasteiger partial charge in [-0.2, -0.15) is 0 Å². The summed E-state index contributed by atoms with van der Waals surface area (Å²) in [5, 5.41) is 10.3. The van der Waals surface area contributed by atoms with Gasteiger partial charge in [0.25, 0.3) is 0 Å². The lowest BCUT2D eigenvalue weighted by Gasteiger charge is -2.10. The Kier molecular flexibility index (Phi) is 8.02. The topological polar surface area (TPSA) is 100 Å². The molecule has 3 amide bonds. The van der Waals surface area contributed by atoms with Crippen LogP contribution in [-0.4, -0.2) is 28.5 Å². The number of nitrogens with one attached hydrogen (secondary N) is 3. The van der Waals surface area contributed by atoms with Gasteiger partial charge in [-0.05, 0) is 49.2 Å². The molecule has 1 aromatic heterocycles. The number of rotatable bonds is 8. The highest BCUT2D eigenvalue weighted by Crippen LogP contribution is 2.24. The third-order valence-electron chi connectivity index (χ3n) is 4.43. The van der Waals surface area contributed by atoms with Crippen molar-refractivity contribution in [3.63, 3.8) is 0 Å². The number of anilines is 3. The van der Waals surface area contributed by atoms with E-state index in [2.05, 4.69) is 20.9 Å². The fourth-order valence-corrected chi connectivity index (χ4v) is 4.60. The lowest BCUT2D eigenvalue weighted by Crippen LogP contribution is -2.16. The molecule has 9 heteroatoms. The van der Waals surface area contributed by atoms with Crippen molar-refractivity contribution in [2.75, 3.05) is 21.7 Å². The molecule has 3 aromatic rings. The number of aryl methyl sites for hydroxylation is 2. The SMILES string of the molecule is CC(=O)Nc1ccc(NC(=O)CSc2nc(CC(=O)Nc3c(C)cccc3C)cs2)cc1. The Morgan fingerprint density at radius 3 is 2.16 bits per heavy atom.